The van der Waals surface area contributed by atoms with Gasteiger partial charge in [0.05, 0.1) is 17.0 Å². The van der Waals surface area contributed by atoms with E-state index >= 15 is 0 Å². The number of hydrogen-bond acceptors (Lipinski definition) is 6. The van der Waals surface area contributed by atoms with Crippen LogP contribution in [0.4, 0.5) is 10.6 Å². The van der Waals surface area contributed by atoms with Crippen molar-refractivity contribution in [3.63, 3.8) is 0 Å². The minimum absolute atomic E-state index is 0.123. The molecule has 0 unspecified atom stereocenters. The van der Waals surface area contributed by atoms with Crippen LogP contribution in [-0.4, -0.2) is 61.3 Å². The highest BCUT2D eigenvalue weighted by Gasteiger charge is 2.33. The number of carboxylic acid groups (broad SMARTS) is 1. The number of anilines is 1. The molecule has 0 radical (unpaired) electrons. The maximum absolute atomic E-state index is 11.4. The van der Waals surface area contributed by atoms with Gasteiger partial charge in [-0.15, -0.1) is 0 Å². The number of nitriles is 1. The Morgan fingerprint density at radius 2 is 2.10 bits per heavy atom. The molecule has 1 N–H and O–H groups in total. The Kier molecular flexibility index (Phi) is 4.28. The van der Waals surface area contributed by atoms with Gasteiger partial charge in [0.1, 0.15) is 18.0 Å². The number of hydrogen-bond donors (Lipinski definition) is 1. The summed E-state index contributed by atoms with van der Waals surface area (Å²) in [5.74, 6) is 1.96. The molecule has 1 atom stereocenters. The van der Waals surface area contributed by atoms with E-state index in [0.717, 1.165) is 29.7 Å². The number of aromatic nitrogens is 4. The Morgan fingerprint density at radius 1 is 1.27 bits per heavy atom. The van der Waals surface area contributed by atoms with Crippen LogP contribution in [0.25, 0.3) is 16.9 Å². The third-order valence-corrected chi connectivity index (χ3v) is 5.90. The average Bonchev–Trinajstić information content (AvgIpc) is 3.53. The fourth-order valence-corrected chi connectivity index (χ4v) is 4.25. The zero-order valence-electron chi connectivity index (χ0n) is 16.6. The Labute approximate surface area is 173 Å². The summed E-state index contributed by atoms with van der Waals surface area (Å²) in [4.78, 5) is 28.7. The summed E-state index contributed by atoms with van der Waals surface area (Å²) in [5.41, 5.74) is 2.50. The second kappa shape index (κ2) is 6.99. The van der Waals surface area contributed by atoms with Gasteiger partial charge in [0.2, 0.25) is 0 Å². The summed E-state index contributed by atoms with van der Waals surface area (Å²) in [6.07, 6.45) is 6.62. The number of amides is 1. The lowest BCUT2D eigenvalue weighted by atomic mass is 10.1. The molecule has 3 aromatic heterocycles. The summed E-state index contributed by atoms with van der Waals surface area (Å²) in [7, 11) is 0. The minimum Gasteiger partial charge on any atom is -0.465 e. The Balaban J connectivity index is 1.62. The zero-order chi connectivity index (χ0) is 20.8. The molecule has 0 aromatic carbocycles. The molecule has 9 heteroatoms. The van der Waals surface area contributed by atoms with E-state index in [1.807, 2.05) is 11.5 Å². The fraction of sp³-hybridized carbons (Fsp3) is 0.381. The predicted octanol–water partition coefficient (Wildman–Crippen LogP) is 2.75. The van der Waals surface area contributed by atoms with Crippen LogP contribution in [-0.2, 0) is 0 Å². The molecule has 1 aliphatic heterocycles. The molecule has 1 amide bonds. The quantitative estimate of drug-likeness (QED) is 0.716. The topological polar surface area (TPSA) is 111 Å². The van der Waals surface area contributed by atoms with Crippen molar-refractivity contribution in [3.05, 3.63) is 42.0 Å². The van der Waals surface area contributed by atoms with Gasteiger partial charge in [-0.05, 0) is 43.4 Å². The molecule has 4 heterocycles. The molecule has 1 saturated heterocycles. The molecular formula is C21H21N7O2. The maximum Gasteiger partial charge on any atom is 0.407 e. The summed E-state index contributed by atoms with van der Waals surface area (Å²) < 4.78 is 1.94. The molecule has 2 fully saturated rings. The smallest absolute Gasteiger partial charge is 0.407 e. The van der Waals surface area contributed by atoms with Crippen LogP contribution in [0.15, 0.2) is 30.9 Å². The van der Waals surface area contributed by atoms with Crippen molar-refractivity contribution in [2.24, 2.45) is 0 Å². The van der Waals surface area contributed by atoms with Crippen molar-refractivity contribution in [2.45, 2.75) is 31.7 Å². The summed E-state index contributed by atoms with van der Waals surface area (Å²) in [6, 6.07) is 5.47. The molecule has 1 saturated carbocycles. The Bertz CT molecular complexity index is 1180. The number of carbonyl (C=O) groups is 1. The molecular weight excluding hydrogens is 382 g/mol. The molecule has 9 nitrogen and oxygen atoms in total. The fourth-order valence-electron chi connectivity index (χ4n) is 4.25. The van der Waals surface area contributed by atoms with Gasteiger partial charge in [-0.2, -0.15) is 5.26 Å². The molecule has 2 aliphatic rings. The highest BCUT2D eigenvalue weighted by Crippen LogP contribution is 2.46. The number of rotatable bonds is 3. The van der Waals surface area contributed by atoms with E-state index in [4.69, 9.17) is 0 Å². The SMILES string of the molecule is C[C@@H]1CN(c2ncnc3c2c(C2CC2)cn3-c2cc(C#N)ccn2)CCN1C(=O)O. The van der Waals surface area contributed by atoms with Gasteiger partial charge >= 0.3 is 6.09 Å². The Morgan fingerprint density at radius 3 is 2.80 bits per heavy atom. The standard InChI is InChI=1S/C21H21N7O2/c1-13-10-26(6-7-27(13)21(29)30)19-18-16(15-2-3-15)11-28(20(18)25-12-24-19)17-8-14(9-22)4-5-23-17/h4-5,8,11-13,15H,2-3,6-7,10H2,1H3,(H,29,30)/t13-/m1/s1. The molecule has 1 aliphatic carbocycles. The van der Waals surface area contributed by atoms with E-state index in [0.29, 0.717) is 36.9 Å². The largest absolute Gasteiger partial charge is 0.465 e. The third kappa shape index (κ3) is 3.01. The molecule has 0 bridgehead atoms. The van der Waals surface area contributed by atoms with Crippen molar-refractivity contribution in [1.29, 1.82) is 5.26 Å². The predicted molar refractivity (Wildman–Crippen MR) is 110 cm³/mol. The molecule has 3 aromatic rings. The van der Waals surface area contributed by atoms with Crippen LogP contribution in [0, 0.1) is 11.3 Å². The zero-order valence-corrected chi connectivity index (χ0v) is 16.6. The lowest BCUT2D eigenvalue weighted by molar-refractivity contribution is 0.122. The van der Waals surface area contributed by atoms with Gasteiger partial charge in [-0.3, -0.25) is 4.57 Å². The van der Waals surface area contributed by atoms with E-state index in [1.54, 1.807) is 24.7 Å². The number of nitrogens with zero attached hydrogens (tertiary/aromatic N) is 7. The maximum atomic E-state index is 11.4. The van der Waals surface area contributed by atoms with E-state index < -0.39 is 6.09 Å². The van der Waals surface area contributed by atoms with Gasteiger partial charge in [-0.1, -0.05) is 0 Å². The van der Waals surface area contributed by atoms with Crippen LogP contribution in [0.1, 0.15) is 36.8 Å². The van der Waals surface area contributed by atoms with Crippen molar-refractivity contribution < 1.29 is 9.90 Å². The van der Waals surface area contributed by atoms with Crippen LogP contribution < -0.4 is 4.90 Å². The van der Waals surface area contributed by atoms with Crippen LogP contribution in [0.3, 0.4) is 0 Å². The van der Waals surface area contributed by atoms with E-state index in [1.165, 1.54) is 10.5 Å². The normalized spacial score (nSPS) is 19.1. The number of pyridine rings is 1. The van der Waals surface area contributed by atoms with E-state index in [-0.39, 0.29) is 6.04 Å². The summed E-state index contributed by atoms with van der Waals surface area (Å²) in [6.45, 7) is 3.52. The summed E-state index contributed by atoms with van der Waals surface area (Å²) in [5, 5.41) is 19.6. The van der Waals surface area contributed by atoms with Crippen molar-refractivity contribution in [2.75, 3.05) is 24.5 Å². The van der Waals surface area contributed by atoms with Crippen LogP contribution >= 0.6 is 0 Å². The van der Waals surface area contributed by atoms with Gasteiger partial charge < -0.3 is 14.9 Å². The molecule has 0 spiro atoms. The monoisotopic (exact) mass is 403 g/mol. The number of piperazine rings is 1. The minimum atomic E-state index is -0.886. The van der Waals surface area contributed by atoms with Crippen molar-refractivity contribution in [1.82, 2.24) is 24.4 Å². The van der Waals surface area contributed by atoms with Crippen molar-refractivity contribution >= 4 is 22.9 Å². The first-order valence-electron chi connectivity index (χ1n) is 10.0. The molecule has 5 rings (SSSR count). The van der Waals surface area contributed by atoms with E-state index in [9.17, 15) is 15.2 Å². The molecule has 30 heavy (non-hydrogen) atoms. The van der Waals surface area contributed by atoms with Crippen molar-refractivity contribution in [3.8, 4) is 11.9 Å². The van der Waals surface area contributed by atoms with Gasteiger partial charge in [0.25, 0.3) is 0 Å². The molecule has 152 valence electrons. The second-order valence-electron chi connectivity index (χ2n) is 7.91. The highest BCUT2D eigenvalue weighted by atomic mass is 16.4. The van der Waals surface area contributed by atoms with Gasteiger partial charge in [-0.25, -0.2) is 19.7 Å². The van der Waals surface area contributed by atoms with Crippen LogP contribution in [0.5, 0.6) is 0 Å². The first-order chi connectivity index (χ1) is 14.6. The highest BCUT2D eigenvalue weighted by molar-refractivity contribution is 5.93. The Hall–Kier alpha value is -3.67. The summed E-state index contributed by atoms with van der Waals surface area (Å²) >= 11 is 0. The van der Waals surface area contributed by atoms with E-state index in [2.05, 4.69) is 32.1 Å². The third-order valence-electron chi connectivity index (χ3n) is 5.90. The first kappa shape index (κ1) is 18.4. The van der Waals surface area contributed by atoms with Crippen LogP contribution in [0.2, 0.25) is 0 Å². The number of fused-ring (bicyclic) bond motifs is 1. The first-order valence-corrected chi connectivity index (χ1v) is 10.0. The van der Waals surface area contributed by atoms with Gasteiger partial charge in [0.15, 0.2) is 5.65 Å². The lowest BCUT2D eigenvalue weighted by Gasteiger charge is -2.39. The van der Waals surface area contributed by atoms with Gasteiger partial charge in [0, 0.05) is 38.1 Å². The lowest BCUT2D eigenvalue weighted by Crippen LogP contribution is -2.54. The average molecular weight is 403 g/mol. The second-order valence-corrected chi connectivity index (χ2v) is 7.91.